The average Bonchev–Trinajstić information content (AvgIpc) is 2.90. The predicted molar refractivity (Wildman–Crippen MR) is 70.9 cm³/mol. The van der Waals surface area contributed by atoms with Crippen molar-refractivity contribution >= 4 is 17.6 Å². The summed E-state index contributed by atoms with van der Waals surface area (Å²) >= 11 is 0. The van der Waals surface area contributed by atoms with Gasteiger partial charge in [-0.3, -0.25) is 4.79 Å². The molecule has 1 aromatic carbocycles. The fraction of sp³-hybridized carbons (Fsp3) is 0.143. The van der Waals surface area contributed by atoms with E-state index in [2.05, 4.69) is 10.3 Å². The summed E-state index contributed by atoms with van der Waals surface area (Å²) in [6.07, 6.45) is 1.61. The molecule has 2 N–H and O–H groups in total. The minimum Gasteiger partial charge on any atom is -0.451 e. The second-order valence-corrected chi connectivity index (χ2v) is 4.08. The number of aryl methyl sites for hydroxylation is 1. The number of aromatic amines is 1. The van der Waals surface area contributed by atoms with Crippen molar-refractivity contribution in [1.82, 2.24) is 4.98 Å². The lowest BCUT2D eigenvalue weighted by Crippen LogP contribution is -2.21. The van der Waals surface area contributed by atoms with Gasteiger partial charge in [0.2, 0.25) is 0 Å². The van der Waals surface area contributed by atoms with Crippen LogP contribution < -0.4 is 5.32 Å². The number of H-pyrrole nitrogens is 1. The van der Waals surface area contributed by atoms with Gasteiger partial charge in [0, 0.05) is 11.9 Å². The molecule has 1 heterocycles. The summed E-state index contributed by atoms with van der Waals surface area (Å²) in [6.45, 7) is 1.62. The quantitative estimate of drug-likeness (QED) is 0.825. The number of hydrogen-bond donors (Lipinski definition) is 2. The lowest BCUT2D eigenvalue weighted by molar-refractivity contribution is -0.119. The lowest BCUT2D eigenvalue weighted by atomic mass is 10.2. The molecule has 0 radical (unpaired) electrons. The summed E-state index contributed by atoms with van der Waals surface area (Å²) in [5, 5.41) is 2.66. The highest BCUT2D eigenvalue weighted by Crippen LogP contribution is 2.09. The zero-order valence-electron chi connectivity index (χ0n) is 10.5. The fourth-order valence-electron chi connectivity index (χ4n) is 1.59. The number of benzene rings is 1. The minimum absolute atomic E-state index is 0.314. The van der Waals surface area contributed by atoms with E-state index in [1.54, 1.807) is 24.4 Å². The van der Waals surface area contributed by atoms with E-state index in [-0.39, 0.29) is 12.5 Å². The van der Waals surface area contributed by atoms with E-state index in [1.165, 1.54) is 0 Å². The van der Waals surface area contributed by atoms with Crippen molar-refractivity contribution in [2.75, 3.05) is 11.9 Å². The maximum atomic E-state index is 11.6. The Kier molecular flexibility index (Phi) is 3.97. The second kappa shape index (κ2) is 5.86. The first kappa shape index (κ1) is 12.9. The van der Waals surface area contributed by atoms with Crippen LogP contribution in [0.15, 0.2) is 42.6 Å². The lowest BCUT2D eigenvalue weighted by Gasteiger charge is -2.06. The molecular weight excluding hydrogens is 244 g/mol. The molecule has 5 heteroatoms. The molecule has 0 atom stereocenters. The fourth-order valence-corrected chi connectivity index (χ4v) is 1.59. The van der Waals surface area contributed by atoms with Gasteiger partial charge < -0.3 is 15.0 Å². The SMILES string of the molecule is Cc1cccc(NC(=O)COC(=O)c2ccc[nH]2)c1. The Balaban J connectivity index is 1.83. The monoisotopic (exact) mass is 258 g/mol. The molecular formula is C14H14N2O3. The number of hydrogen-bond acceptors (Lipinski definition) is 3. The topological polar surface area (TPSA) is 71.2 Å². The van der Waals surface area contributed by atoms with Gasteiger partial charge in [-0.25, -0.2) is 4.79 Å². The normalized spacial score (nSPS) is 9.95. The Morgan fingerprint density at radius 1 is 1.26 bits per heavy atom. The number of anilines is 1. The average molecular weight is 258 g/mol. The molecule has 0 unspecified atom stereocenters. The standard InChI is InChI=1S/C14H14N2O3/c1-10-4-2-5-11(8-10)16-13(17)9-19-14(18)12-6-3-7-15-12/h2-8,15H,9H2,1H3,(H,16,17). The highest BCUT2D eigenvalue weighted by atomic mass is 16.5. The van der Waals surface area contributed by atoms with Gasteiger partial charge in [-0.1, -0.05) is 12.1 Å². The molecule has 2 aromatic rings. The van der Waals surface area contributed by atoms with Crippen molar-refractivity contribution in [3.8, 4) is 0 Å². The van der Waals surface area contributed by atoms with Crippen LogP contribution in [0.4, 0.5) is 5.69 Å². The van der Waals surface area contributed by atoms with Gasteiger partial charge in [-0.05, 0) is 36.8 Å². The van der Waals surface area contributed by atoms with Gasteiger partial charge in [0.05, 0.1) is 0 Å². The van der Waals surface area contributed by atoms with Crippen molar-refractivity contribution in [2.45, 2.75) is 6.92 Å². The Morgan fingerprint density at radius 3 is 2.79 bits per heavy atom. The third kappa shape index (κ3) is 3.70. The smallest absolute Gasteiger partial charge is 0.355 e. The van der Waals surface area contributed by atoms with Gasteiger partial charge in [-0.2, -0.15) is 0 Å². The molecule has 2 rings (SSSR count). The van der Waals surface area contributed by atoms with Crippen LogP contribution in [0.25, 0.3) is 0 Å². The molecule has 19 heavy (non-hydrogen) atoms. The van der Waals surface area contributed by atoms with Crippen molar-refractivity contribution in [3.63, 3.8) is 0 Å². The molecule has 0 aliphatic heterocycles. The van der Waals surface area contributed by atoms with Crippen LogP contribution in [-0.2, 0) is 9.53 Å². The minimum atomic E-state index is -0.551. The summed E-state index contributed by atoms with van der Waals surface area (Å²) in [6, 6.07) is 10.7. The van der Waals surface area contributed by atoms with E-state index >= 15 is 0 Å². The first-order valence-corrected chi connectivity index (χ1v) is 5.82. The van der Waals surface area contributed by atoms with E-state index in [0.717, 1.165) is 5.56 Å². The molecule has 0 saturated heterocycles. The Bertz CT molecular complexity index is 576. The molecule has 0 bridgehead atoms. The van der Waals surface area contributed by atoms with Gasteiger partial charge in [-0.15, -0.1) is 0 Å². The Labute approximate surface area is 110 Å². The van der Waals surface area contributed by atoms with Crippen molar-refractivity contribution in [1.29, 1.82) is 0 Å². The second-order valence-electron chi connectivity index (χ2n) is 4.08. The molecule has 0 saturated carbocycles. The predicted octanol–water partition coefficient (Wildman–Crippen LogP) is 2.12. The van der Waals surface area contributed by atoms with Crippen molar-refractivity contribution in [3.05, 3.63) is 53.9 Å². The van der Waals surface area contributed by atoms with Gasteiger partial charge in [0.1, 0.15) is 5.69 Å². The van der Waals surface area contributed by atoms with Crippen LogP contribution in [0, 0.1) is 6.92 Å². The summed E-state index contributed by atoms with van der Waals surface area (Å²) in [5.41, 5.74) is 2.05. The van der Waals surface area contributed by atoms with Gasteiger partial charge in [0.15, 0.2) is 6.61 Å². The third-order valence-corrected chi connectivity index (χ3v) is 2.45. The number of rotatable bonds is 4. The number of amides is 1. The molecule has 1 amide bonds. The Morgan fingerprint density at radius 2 is 2.11 bits per heavy atom. The summed E-state index contributed by atoms with van der Waals surface area (Å²) < 4.78 is 4.87. The summed E-state index contributed by atoms with van der Waals surface area (Å²) in [7, 11) is 0. The Hall–Kier alpha value is -2.56. The summed E-state index contributed by atoms with van der Waals surface area (Å²) in [4.78, 5) is 25.8. The van der Waals surface area contributed by atoms with Crippen molar-refractivity contribution in [2.24, 2.45) is 0 Å². The molecule has 0 aliphatic rings. The van der Waals surface area contributed by atoms with E-state index in [9.17, 15) is 9.59 Å². The summed E-state index contributed by atoms with van der Waals surface area (Å²) in [5.74, 6) is -0.921. The number of aromatic nitrogens is 1. The van der Waals surface area contributed by atoms with Crippen LogP contribution >= 0.6 is 0 Å². The molecule has 0 spiro atoms. The van der Waals surface area contributed by atoms with E-state index in [0.29, 0.717) is 11.4 Å². The van der Waals surface area contributed by atoms with Crippen LogP contribution in [0.3, 0.4) is 0 Å². The highest BCUT2D eigenvalue weighted by Gasteiger charge is 2.10. The molecule has 98 valence electrons. The zero-order chi connectivity index (χ0) is 13.7. The van der Waals surface area contributed by atoms with E-state index in [1.807, 2.05) is 25.1 Å². The van der Waals surface area contributed by atoms with Crippen LogP contribution in [0.5, 0.6) is 0 Å². The molecule has 0 aliphatic carbocycles. The van der Waals surface area contributed by atoms with Gasteiger partial charge in [0.25, 0.3) is 5.91 Å². The van der Waals surface area contributed by atoms with Crippen LogP contribution in [-0.4, -0.2) is 23.5 Å². The zero-order valence-corrected chi connectivity index (χ0v) is 10.5. The molecule has 5 nitrogen and oxygen atoms in total. The maximum absolute atomic E-state index is 11.6. The van der Waals surface area contributed by atoms with E-state index in [4.69, 9.17) is 4.74 Å². The van der Waals surface area contributed by atoms with Gasteiger partial charge >= 0.3 is 5.97 Å². The number of ether oxygens (including phenoxy) is 1. The first-order chi connectivity index (χ1) is 9.15. The number of carbonyl (C=O) groups is 2. The van der Waals surface area contributed by atoms with Crippen molar-refractivity contribution < 1.29 is 14.3 Å². The first-order valence-electron chi connectivity index (χ1n) is 5.82. The third-order valence-electron chi connectivity index (χ3n) is 2.45. The van der Waals surface area contributed by atoms with Crippen LogP contribution in [0.2, 0.25) is 0 Å². The number of carbonyl (C=O) groups excluding carboxylic acids is 2. The maximum Gasteiger partial charge on any atom is 0.355 e. The largest absolute Gasteiger partial charge is 0.451 e. The molecule has 1 aromatic heterocycles. The number of esters is 1. The molecule has 0 fully saturated rings. The van der Waals surface area contributed by atoms with E-state index < -0.39 is 5.97 Å². The van der Waals surface area contributed by atoms with Crippen LogP contribution in [0.1, 0.15) is 16.1 Å². The number of nitrogens with one attached hydrogen (secondary N) is 2. The highest BCUT2D eigenvalue weighted by molar-refractivity contribution is 5.94.